The van der Waals surface area contributed by atoms with Crippen molar-refractivity contribution in [2.45, 2.75) is 46.6 Å². The van der Waals surface area contributed by atoms with E-state index < -0.39 is 0 Å². The summed E-state index contributed by atoms with van der Waals surface area (Å²) in [6.45, 7) is 10.3. The zero-order valence-corrected chi connectivity index (χ0v) is 10.4. The molecule has 2 unspecified atom stereocenters. The van der Waals surface area contributed by atoms with Crippen molar-refractivity contribution in [3.05, 3.63) is 0 Å². The number of carbonyl (C=O) groups is 1. The normalized spacial score (nSPS) is 27.5. The summed E-state index contributed by atoms with van der Waals surface area (Å²) in [4.78, 5) is 12.0. The lowest BCUT2D eigenvalue weighted by atomic mass is 9.87. The van der Waals surface area contributed by atoms with E-state index in [1.807, 2.05) is 13.8 Å². The molecule has 0 spiro atoms. The lowest BCUT2D eigenvalue weighted by Gasteiger charge is -2.33. The first-order valence-corrected chi connectivity index (χ1v) is 5.99. The molecule has 0 aromatic rings. The molecule has 0 aliphatic carbocycles. The summed E-state index contributed by atoms with van der Waals surface area (Å²) in [5.74, 6) is 0.772. The molecule has 0 bridgehead atoms. The Balaban J connectivity index is 2.50. The molecule has 3 heteroatoms. The highest BCUT2D eigenvalue weighted by molar-refractivity contribution is 5.82. The molecule has 88 valence electrons. The van der Waals surface area contributed by atoms with Crippen LogP contribution in [0.5, 0.6) is 0 Å². The third kappa shape index (κ3) is 3.20. The van der Waals surface area contributed by atoms with Crippen LogP contribution in [0.1, 0.15) is 40.5 Å². The molecule has 1 aliphatic rings. The minimum absolute atomic E-state index is 0.186. The van der Waals surface area contributed by atoms with Gasteiger partial charge in [-0.2, -0.15) is 0 Å². The number of carbonyl (C=O) groups excluding carboxylic acids is 1. The number of hydrogen-bond acceptors (Lipinski definition) is 2. The number of piperidine rings is 1. The molecule has 1 fully saturated rings. The number of amides is 1. The molecule has 1 heterocycles. The molecule has 1 amide bonds. The predicted octanol–water partition coefficient (Wildman–Crippen LogP) is 1.54. The monoisotopic (exact) mass is 212 g/mol. The van der Waals surface area contributed by atoms with Crippen LogP contribution in [0.25, 0.3) is 0 Å². The van der Waals surface area contributed by atoms with Crippen molar-refractivity contribution in [2.75, 3.05) is 13.1 Å². The fourth-order valence-corrected chi connectivity index (χ4v) is 1.71. The van der Waals surface area contributed by atoms with Crippen LogP contribution in [0.4, 0.5) is 0 Å². The second-order valence-corrected chi connectivity index (χ2v) is 5.29. The smallest absolute Gasteiger partial charge is 0.225 e. The lowest BCUT2D eigenvalue weighted by molar-refractivity contribution is -0.130. The highest BCUT2D eigenvalue weighted by Crippen LogP contribution is 2.21. The number of hydrogen-bond donors (Lipinski definition) is 2. The molecule has 0 aromatic heterocycles. The second-order valence-electron chi connectivity index (χ2n) is 5.29. The summed E-state index contributed by atoms with van der Waals surface area (Å²) >= 11 is 0. The van der Waals surface area contributed by atoms with E-state index in [0.717, 1.165) is 25.9 Å². The average Bonchev–Trinajstić information content (AvgIpc) is 2.21. The first-order valence-electron chi connectivity index (χ1n) is 5.99. The summed E-state index contributed by atoms with van der Waals surface area (Å²) in [5.41, 5.74) is -0.239. The van der Waals surface area contributed by atoms with Crippen molar-refractivity contribution in [3.8, 4) is 0 Å². The van der Waals surface area contributed by atoms with Crippen molar-refractivity contribution in [1.82, 2.24) is 10.6 Å². The molecule has 15 heavy (non-hydrogen) atoms. The fraction of sp³-hybridized carbons (Fsp3) is 0.917. The number of rotatable bonds is 3. The second kappa shape index (κ2) is 4.97. The molecule has 1 aliphatic heterocycles. The molecule has 2 atom stereocenters. The SMILES string of the molecule is CCC(C)(C)C(=O)NC1CNCCC1C. The van der Waals surface area contributed by atoms with Gasteiger partial charge in [0.2, 0.25) is 5.91 Å². The van der Waals surface area contributed by atoms with Crippen molar-refractivity contribution in [3.63, 3.8) is 0 Å². The Kier molecular flexibility index (Phi) is 4.14. The van der Waals surface area contributed by atoms with Crippen LogP contribution >= 0.6 is 0 Å². The maximum absolute atomic E-state index is 12.0. The van der Waals surface area contributed by atoms with E-state index >= 15 is 0 Å². The van der Waals surface area contributed by atoms with Gasteiger partial charge >= 0.3 is 0 Å². The van der Waals surface area contributed by atoms with Crippen molar-refractivity contribution >= 4 is 5.91 Å². The highest BCUT2D eigenvalue weighted by atomic mass is 16.2. The summed E-state index contributed by atoms with van der Waals surface area (Å²) in [5, 5.41) is 6.48. The largest absolute Gasteiger partial charge is 0.351 e. The van der Waals surface area contributed by atoms with Gasteiger partial charge in [0.1, 0.15) is 0 Å². The van der Waals surface area contributed by atoms with E-state index in [4.69, 9.17) is 0 Å². The number of nitrogens with one attached hydrogen (secondary N) is 2. The molecule has 0 radical (unpaired) electrons. The minimum atomic E-state index is -0.239. The maximum Gasteiger partial charge on any atom is 0.225 e. The van der Waals surface area contributed by atoms with Gasteiger partial charge in [0.05, 0.1) is 0 Å². The Morgan fingerprint density at radius 2 is 2.20 bits per heavy atom. The van der Waals surface area contributed by atoms with Crippen molar-refractivity contribution in [1.29, 1.82) is 0 Å². The van der Waals surface area contributed by atoms with Crippen molar-refractivity contribution in [2.24, 2.45) is 11.3 Å². The van der Waals surface area contributed by atoms with Gasteiger partial charge in [0, 0.05) is 18.0 Å². The Labute approximate surface area is 93.0 Å². The highest BCUT2D eigenvalue weighted by Gasteiger charge is 2.29. The average molecular weight is 212 g/mol. The Morgan fingerprint density at radius 1 is 1.53 bits per heavy atom. The summed E-state index contributed by atoms with van der Waals surface area (Å²) in [6, 6.07) is 0.303. The van der Waals surface area contributed by atoms with Gasteiger partial charge in [0.25, 0.3) is 0 Å². The fourth-order valence-electron chi connectivity index (χ4n) is 1.71. The quantitative estimate of drug-likeness (QED) is 0.745. The summed E-state index contributed by atoms with van der Waals surface area (Å²) in [7, 11) is 0. The molecule has 3 nitrogen and oxygen atoms in total. The predicted molar refractivity (Wildman–Crippen MR) is 62.7 cm³/mol. The van der Waals surface area contributed by atoms with Crippen LogP contribution in [0, 0.1) is 11.3 Å². The van der Waals surface area contributed by atoms with Crippen LogP contribution in [0.15, 0.2) is 0 Å². The van der Waals surface area contributed by atoms with E-state index in [2.05, 4.69) is 24.5 Å². The van der Waals surface area contributed by atoms with Gasteiger partial charge in [-0.1, -0.05) is 27.7 Å². The molecule has 0 saturated carbocycles. The van der Waals surface area contributed by atoms with Crippen LogP contribution in [0.3, 0.4) is 0 Å². The van der Waals surface area contributed by atoms with Crippen molar-refractivity contribution < 1.29 is 4.79 Å². The topological polar surface area (TPSA) is 41.1 Å². The maximum atomic E-state index is 12.0. The zero-order chi connectivity index (χ0) is 11.5. The van der Waals surface area contributed by atoms with Crippen LogP contribution < -0.4 is 10.6 Å². The molecule has 2 N–H and O–H groups in total. The molecule has 1 saturated heterocycles. The van der Waals surface area contributed by atoms with E-state index in [1.165, 1.54) is 0 Å². The first kappa shape index (κ1) is 12.5. The first-order chi connectivity index (χ1) is 6.97. The van der Waals surface area contributed by atoms with E-state index in [-0.39, 0.29) is 11.3 Å². The molecule has 1 rings (SSSR count). The molecule has 0 aromatic carbocycles. The van der Waals surface area contributed by atoms with Gasteiger partial charge in [-0.15, -0.1) is 0 Å². The van der Waals surface area contributed by atoms with E-state index in [0.29, 0.717) is 12.0 Å². The van der Waals surface area contributed by atoms with Crippen LogP contribution in [-0.4, -0.2) is 25.0 Å². The third-order valence-electron chi connectivity index (χ3n) is 3.64. The van der Waals surface area contributed by atoms with Gasteiger partial charge in [0.15, 0.2) is 0 Å². The van der Waals surface area contributed by atoms with Crippen LogP contribution in [0.2, 0.25) is 0 Å². The summed E-state index contributed by atoms with van der Waals surface area (Å²) < 4.78 is 0. The van der Waals surface area contributed by atoms with Crippen LogP contribution in [-0.2, 0) is 4.79 Å². The Bertz CT molecular complexity index is 226. The van der Waals surface area contributed by atoms with Gasteiger partial charge in [-0.05, 0) is 25.3 Å². The Hall–Kier alpha value is -0.570. The van der Waals surface area contributed by atoms with Gasteiger partial charge in [-0.3, -0.25) is 4.79 Å². The Morgan fingerprint density at radius 3 is 2.73 bits per heavy atom. The molecular weight excluding hydrogens is 188 g/mol. The van der Waals surface area contributed by atoms with Gasteiger partial charge in [-0.25, -0.2) is 0 Å². The molecular formula is C12H24N2O. The van der Waals surface area contributed by atoms with E-state index in [9.17, 15) is 4.79 Å². The lowest BCUT2D eigenvalue weighted by Crippen LogP contribution is -2.53. The zero-order valence-electron chi connectivity index (χ0n) is 10.4. The standard InChI is InChI=1S/C12H24N2O/c1-5-12(3,4)11(15)14-10-8-13-7-6-9(10)2/h9-10,13H,5-8H2,1-4H3,(H,14,15). The minimum Gasteiger partial charge on any atom is -0.351 e. The summed E-state index contributed by atoms with van der Waals surface area (Å²) in [6.07, 6.45) is 2.03. The van der Waals surface area contributed by atoms with Gasteiger partial charge < -0.3 is 10.6 Å². The van der Waals surface area contributed by atoms with E-state index in [1.54, 1.807) is 0 Å². The third-order valence-corrected chi connectivity index (χ3v) is 3.64.